The summed E-state index contributed by atoms with van der Waals surface area (Å²) in [7, 11) is 3.09. The van der Waals surface area contributed by atoms with Crippen LogP contribution < -0.4 is 14.2 Å². The molecule has 0 fully saturated rings. The van der Waals surface area contributed by atoms with Crippen molar-refractivity contribution >= 4 is 0 Å². The van der Waals surface area contributed by atoms with Gasteiger partial charge in [-0.2, -0.15) is 0 Å². The van der Waals surface area contributed by atoms with E-state index >= 15 is 0 Å². The Balaban J connectivity index is 3.14. The monoisotopic (exact) mass is 224 g/mol. The van der Waals surface area contributed by atoms with Crippen molar-refractivity contribution in [1.82, 2.24) is 0 Å². The summed E-state index contributed by atoms with van der Waals surface area (Å²) in [6.07, 6.45) is 1.63. The van der Waals surface area contributed by atoms with Crippen LogP contribution in [0, 0.1) is 0 Å². The first-order chi connectivity index (χ1) is 7.76. The summed E-state index contributed by atoms with van der Waals surface area (Å²) in [5.74, 6) is 1.70. The van der Waals surface area contributed by atoms with Crippen molar-refractivity contribution in [3.05, 3.63) is 30.4 Å². The average molecular weight is 224 g/mol. The number of hydrogen-bond acceptors (Lipinski definition) is 4. The van der Waals surface area contributed by atoms with Crippen molar-refractivity contribution in [2.45, 2.75) is 6.61 Å². The van der Waals surface area contributed by atoms with Gasteiger partial charge in [0.2, 0.25) is 0 Å². The van der Waals surface area contributed by atoms with Gasteiger partial charge in [0.05, 0.1) is 26.4 Å². The van der Waals surface area contributed by atoms with Gasteiger partial charge in [0, 0.05) is 12.1 Å². The van der Waals surface area contributed by atoms with E-state index < -0.39 is 0 Å². The summed E-state index contributed by atoms with van der Waals surface area (Å²) in [5.41, 5.74) is 0.602. The van der Waals surface area contributed by atoms with E-state index in [-0.39, 0.29) is 6.61 Å². The van der Waals surface area contributed by atoms with Crippen LogP contribution in [0.25, 0.3) is 0 Å². The average Bonchev–Trinajstić information content (AvgIpc) is 2.34. The van der Waals surface area contributed by atoms with Gasteiger partial charge in [-0.05, 0) is 0 Å². The second-order valence-corrected chi connectivity index (χ2v) is 3.06. The van der Waals surface area contributed by atoms with Crippen molar-refractivity contribution in [2.24, 2.45) is 0 Å². The summed E-state index contributed by atoms with van der Waals surface area (Å²) in [4.78, 5) is 0. The van der Waals surface area contributed by atoms with Gasteiger partial charge >= 0.3 is 0 Å². The molecular formula is C12H16O4. The topological polar surface area (TPSA) is 47.9 Å². The molecule has 0 amide bonds. The molecule has 0 saturated heterocycles. The largest absolute Gasteiger partial charge is 0.496 e. The molecule has 88 valence electrons. The zero-order valence-electron chi connectivity index (χ0n) is 9.53. The van der Waals surface area contributed by atoms with E-state index in [1.54, 1.807) is 25.3 Å². The third kappa shape index (κ3) is 2.67. The highest BCUT2D eigenvalue weighted by atomic mass is 16.5. The number of rotatable bonds is 6. The zero-order valence-corrected chi connectivity index (χ0v) is 9.53. The summed E-state index contributed by atoms with van der Waals surface area (Å²) in [6, 6.07) is 3.41. The number of aliphatic hydroxyl groups is 1. The number of aliphatic hydroxyl groups excluding tert-OH is 1. The zero-order chi connectivity index (χ0) is 12.0. The summed E-state index contributed by atoms with van der Waals surface area (Å²) < 4.78 is 15.7. The Bertz CT molecular complexity index is 360. The fourth-order valence-corrected chi connectivity index (χ4v) is 1.33. The van der Waals surface area contributed by atoms with Crippen LogP contribution in [0.15, 0.2) is 24.8 Å². The molecule has 0 atom stereocenters. The SMILES string of the molecule is C=CCOc1cc(OC)cc(OC)c1CO. The van der Waals surface area contributed by atoms with Crippen molar-refractivity contribution in [2.75, 3.05) is 20.8 Å². The second-order valence-electron chi connectivity index (χ2n) is 3.06. The second kappa shape index (κ2) is 6.02. The Morgan fingerprint density at radius 2 is 1.94 bits per heavy atom. The maximum Gasteiger partial charge on any atom is 0.132 e. The minimum atomic E-state index is -0.153. The molecule has 0 saturated carbocycles. The molecule has 1 rings (SSSR count). The lowest BCUT2D eigenvalue weighted by atomic mass is 10.1. The fourth-order valence-electron chi connectivity index (χ4n) is 1.33. The lowest BCUT2D eigenvalue weighted by Gasteiger charge is -2.14. The molecule has 0 aromatic heterocycles. The van der Waals surface area contributed by atoms with Gasteiger partial charge in [0.1, 0.15) is 23.9 Å². The molecule has 4 heteroatoms. The Morgan fingerprint density at radius 1 is 1.25 bits per heavy atom. The van der Waals surface area contributed by atoms with Gasteiger partial charge in [-0.3, -0.25) is 0 Å². The molecule has 0 radical (unpaired) electrons. The Labute approximate surface area is 95.1 Å². The molecular weight excluding hydrogens is 208 g/mol. The highest BCUT2D eigenvalue weighted by Gasteiger charge is 2.12. The Kier molecular flexibility index (Phi) is 4.66. The first-order valence-electron chi connectivity index (χ1n) is 4.86. The van der Waals surface area contributed by atoms with E-state index in [1.807, 2.05) is 0 Å². The molecule has 0 aliphatic carbocycles. The van der Waals surface area contributed by atoms with Crippen LogP contribution in [-0.4, -0.2) is 25.9 Å². The van der Waals surface area contributed by atoms with Crippen molar-refractivity contribution in [3.63, 3.8) is 0 Å². The summed E-state index contributed by atoms with van der Waals surface area (Å²) in [5, 5.41) is 9.27. The fraction of sp³-hybridized carbons (Fsp3) is 0.333. The lowest BCUT2D eigenvalue weighted by Crippen LogP contribution is -2.01. The normalized spacial score (nSPS) is 9.69. The molecule has 1 aromatic rings. The van der Waals surface area contributed by atoms with Crippen LogP contribution >= 0.6 is 0 Å². The van der Waals surface area contributed by atoms with Crippen LogP contribution in [0.2, 0.25) is 0 Å². The minimum absolute atomic E-state index is 0.153. The molecule has 4 nitrogen and oxygen atoms in total. The van der Waals surface area contributed by atoms with Crippen LogP contribution in [0.1, 0.15) is 5.56 Å². The van der Waals surface area contributed by atoms with Crippen molar-refractivity contribution in [1.29, 1.82) is 0 Å². The molecule has 1 aromatic carbocycles. The maximum atomic E-state index is 9.27. The third-order valence-corrected chi connectivity index (χ3v) is 2.11. The van der Waals surface area contributed by atoms with Gasteiger partial charge in [-0.25, -0.2) is 0 Å². The molecule has 0 aliphatic heterocycles. The van der Waals surface area contributed by atoms with Crippen LogP contribution in [0.4, 0.5) is 0 Å². The van der Waals surface area contributed by atoms with Crippen molar-refractivity contribution in [3.8, 4) is 17.2 Å². The highest BCUT2D eigenvalue weighted by molar-refractivity contribution is 5.50. The highest BCUT2D eigenvalue weighted by Crippen LogP contribution is 2.34. The maximum absolute atomic E-state index is 9.27. The quantitative estimate of drug-likeness (QED) is 0.748. The first kappa shape index (κ1) is 12.4. The van der Waals surface area contributed by atoms with Gasteiger partial charge in [0.25, 0.3) is 0 Å². The smallest absolute Gasteiger partial charge is 0.132 e. The number of ether oxygens (including phenoxy) is 3. The predicted molar refractivity (Wildman–Crippen MR) is 61.2 cm³/mol. The molecule has 0 aliphatic rings. The minimum Gasteiger partial charge on any atom is -0.496 e. The van der Waals surface area contributed by atoms with Crippen molar-refractivity contribution < 1.29 is 19.3 Å². The third-order valence-electron chi connectivity index (χ3n) is 2.11. The molecule has 16 heavy (non-hydrogen) atoms. The molecule has 0 heterocycles. The van der Waals surface area contributed by atoms with Crippen LogP contribution in [0.5, 0.6) is 17.2 Å². The van der Waals surface area contributed by atoms with E-state index in [9.17, 15) is 5.11 Å². The molecule has 0 unspecified atom stereocenters. The standard InChI is InChI=1S/C12H16O4/c1-4-5-16-12-7-9(14-2)6-11(15-3)10(12)8-13/h4,6-7,13H,1,5,8H2,2-3H3. The molecule has 1 N–H and O–H groups in total. The van der Waals surface area contributed by atoms with E-state index in [0.29, 0.717) is 29.4 Å². The van der Waals surface area contributed by atoms with E-state index in [0.717, 1.165) is 0 Å². The Morgan fingerprint density at radius 3 is 2.44 bits per heavy atom. The van der Waals surface area contributed by atoms with Crippen LogP contribution in [-0.2, 0) is 6.61 Å². The first-order valence-corrected chi connectivity index (χ1v) is 4.86. The van der Waals surface area contributed by atoms with Crippen LogP contribution in [0.3, 0.4) is 0 Å². The van der Waals surface area contributed by atoms with Gasteiger partial charge in [-0.15, -0.1) is 0 Å². The summed E-state index contributed by atoms with van der Waals surface area (Å²) >= 11 is 0. The molecule has 0 spiro atoms. The van der Waals surface area contributed by atoms with E-state index in [2.05, 4.69) is 6.58 Å². The number of methoxy groups -OCH3 is 2. The number of benzene rings is 1. The molecule has 0 bridgehead atoms. The summed E-state index contributed by atoms with van der Waals surface area (Å²) in [6.45, 7) is 3.78. The number of hydrogen-bond donors (Lipinski definition) is 1. The predicted octanol–water partition coefficient (Wildman–Crippen LogP) is 1.76. The van der Waals surface area contributed by atoms with Gasteiger partial charge < -0.3 is 19.3 Å². The van der Waals surface area contributed by atoms with E-state index in [4.69, 9.17) is 14.2 Å². The Hall–Kier alpha value is -1.68. The van der Waals surface area contributed by atoms with Gasteiger partial charge in [0.15, 0.2) is 0 Å². The lowest BCUT2D eigenvalue weighted by molar-refractivity contribution is 0.260. The van der Waals surface area contributed by atoms with Gasteiger partial charge in [-0.1, -0.05) is 12.7 Å². The van der Waals surface area contributed by atoms with E-state index in [1.165, 1.54) is 7.11 Å².